The lowest BCUT2D eigenvalue weighted by molar-refractivity contribution is -0.0267. The number of halogens is 4. The predicted octanol–water partition coefficient (Wildman–Crippen LogP) is 5.60. The first-order valence-electron chi connectivity index (χ1n) is 12.8. The molecule has 2 aliphatic rings. The number of nitrogens with zero attached hydrogens (tertiary/aromatic N) is 4. The molecule has 202 valence electrons. The Morgan fingerprint density at radius 1 is 1.03 bits per heavy atom. The summed E-state index contributed by atoms with van der Waals surface area (Å²) in [6, 6.07) is 10.9. The van der Waals surface area contributed by atoms with Gasteiger partial charge in [0.2, 0.25) is 0 Å². The summed E-state index contributed by atoms with van der Waals surface area (Å²) in [7, 11) is 0. The maximum atomic E-state index is 15.0. The summed E-state index contributed by atoms with van der Waals surface area (Å²) < 4.78 is 56.1. The fourth-order valence-electron chi connectivity index (χ4n) is 5.21. The molecule has 7 nitrogen and oxygen atoms in total. The summed E-state index contributed by atoms with van der Waals surface area (Å²) in [5.74, 6) is -4.84. The summed E-state index contributed by atoms with van der Waals surface area (Å²) in [5, 5.41) is 10.1. The topological polar surface area (TPSA) is 77.1 Å². The van der Waals surface area contributed by atoms with E-state index in [9.17, 15) is 22.4 Å². The molecule has 0 saturated carbocycles. The van der Waals surface area contributed by atoms with Crippen LogP contribution in [-0.2, 0) is 6.54 Å². The van der Waals surface area contributed by atoms with Gasteiger partial charge in [-0.05, 0) is 67.4 Å². The Labute approximate surface area is 221 Å². The Bertz CT molecular complexity index is 1540. The van der Waals surface area contributed by atoms with Crippen molar-refractivity contribution in [2.75, 3.05) is 36.4 Å². The van der Waals surface area contributed by atoms with E-state index < -0.39 is 36.6 Å². The number of H-pyrrole nitrogens is 1. The lowest BCUT2D eigenvalue weighted by Gasteiger charge is -2.39. The molecule has 0 spiro atoms. The van der Waals surface area contributed by atoms with Crippen molar-refractivity contribution < 1.29 is 22.4 Å². The molecule has 2 saturated heterocycles. The highest BCUT2D eigenvalue weighted by molar-refractivity contribution is 6.11. The van der Waals surface area contributed by atoms with Crippen LogP contribution in [-0.4, -0.2) is 58.1 Å². The second-order valence-corrected chi connectivity index (χ2v) is 10.2. The number of amides is 1. The third-order valence-corrected chi connectivity index (χ3v) is 7.20. The molecule has 4 aromatic rings. The number of fused-ring (bicyclic) bond motifs is 1. The van der Waals surface area contributed by atoms with E-state index in [-0.39, 0.29) is 11.3 Å². The van der Waals surface area contributed by atoms with Gasteiger partial charge >= 0.3 is 0 Å². The van der Waals surface area contributed by atoms with Crippen molar-refractivity contribution in [3.05, 3.63) is 71.6 Å². The molecule has 39 heavy (non-hydrogen) atoms. The van der Waals surface area contributed by atoms with Gasteiger partial charge in [0.05, 0.1) is 18.6 Å². The van der Waals surface area contributed by atoms with E-state index in [0.717, 1.165) is 25.9 Å². The third-order valence-electron chi connectivity index (χ3n) is 7.20. The summed E-state index contributed by atoms with van der Waals surface area (Å²) in [6.07, 6.45) is 4.79. The van der Waals surface area contributed by atoms with Crippen LogP contribution in [0, 0.1) is 11.6 Å². The van der Waals surface area contributed by atoms with Crippen molar-refractivity contribution >= 4 is 28.3 Å². The van der Waals surface area contributed by atoms with E-state index in [1.54, 1.807) is 30.3 Å². The number of alkyl halides is 2. The van der Waals surface area contributed by atoms with Gasteiger partial charge in [0.25, 0.3) is 11.8 Å². The van der Waals surface area contributed by atoms with Gasteiger partial charge in [-0.25, -0.2) is 22.5 Å². The number of likely N-dealkylation sites (tertiary alicyclic amines) is 1. The molecule has 1 amide bonds. The van der Waals surface area contributed by atoms with E-state index in [1.807, 2.05) is 0 Å². The zero-order chi connectivity index (χ0) is 27.1. The number of benzene rings is 2. The Kier molecular flexibility index (Phi) is 6.46. The quantitative estimate of drug-likeness (QED) is 0.313. The largest absolute Gasteiger partial charge is 0.344 e. The van der Waals surface area contributed by atoms with Crippen molar-refractivity contribution in [2.45, 2.75) is 31.7 Å². The Morgan fingerprint density at radius 2 is 1.82 bits per heavy atom. The SMILES string of the molecule is O=C(Nc1ccnc(N2CC(F)(F)C2)c1)c1n[nH]c2ccc(-c3cc(CN4CCCCC4)cc(F)c3F)cc12. The van der Waals surface area contributed by atoms with Gasteiger partial charge in [-0.15, -0.1) is 0 Å². The molecule has 0 radical (unpaired) electrons. The number of anilines is 2. The van der Waals surface area contributed by atoms with Gasteiger partial charge in [0.1, 0.15) is 5.82 Å². The first kappa shape index (κ1) is 25.3. The monoisotopic (exact) mass is 538 g/mol. The van der Waals surface area contributed by atoms with Crippen LogP contribution in [0.3, 0.4) is 0 Å². The number of carbonyl (C=O) groups is 1. The highest BCUT2D eigenvalue weighted by atomic mass is 19.3. The van der Waals surface area contributed by atoms with Crippen LogP contribution in [0.5, 0.6) is 0 Å². The van der Waals surface area contributed by atoms with E-state index in [2.05, 4.69) is 25.4 Å². The summed E-state index contributed by atoms with van der Waals surface area (Å²) in [5.41, 5.74) is 2.19. The van der Waals surface area contributed by atoms with Crippen LogP contribution in [0.1, 0.15) is 35.3 Å². The lowest BCUT2D eigenvalue weighted by Crippen LogP contribution is -2.56. The van der Waals surface area contributed by atoms with E-state index in [4.69, 9.17) is 0 Å². The molecule has 11 heteroatoms. The number of piperidine rings is 1. The molecule has 0 aliphatic carbocycles. The third kappa shape index (κ3) is 5.18. The molecule has 0 unspecified atom stereocenters. The number of aromatic nitrogens is 3. The average molecular weight is 539 g/mol. The lowest BCUT2D eigenvalue weighted by atomic mass is 9.99. The Balaban J connectivity index is 1.26. The molecular formula is C28H26F4N6O. The van der Waals surface area contributed by atoms with Crippen LogP contribution in [0.2, 0.25) is 0 Å². The first-order valence-corrected chi connectivity index (χ1v) is 12.8. The van der Waals surface area contributed by atoms with Crippen LogP contribution in [0.4, 0.5) is 29.1 Å². The minimum Gasteiger partial charge on any atom is -0.344 e. The highest BCUT2D eigenvalue weighted by Crippen LogP contribution is 2.33. The van der Waals surface area contributed by atoms with Crippen LogP contribution < -0.4 is 10.2 Å². The molecule has 6 rings (SSSR count). The molecule has 2 aliphatic heterocycles. The first-order chi connectivity index (χ1) is 18.8. The van der Waals surface area contributed by atoms with Crippen molar-refractivity contribution in [3.63, 3.8) is 0 Å². The maximum Gasteiger partial charge on any atom is 0.282 e. The number of hydrogen-bond donors (Lipinski definition) is 2. The number of hydrogen-bond acceptors (Lipinski definition) is 5. The zero-order valence-electron chi connectivity index (χ0n) is 21.0. The van der Waals surface area contributed by atoms with Gasteiger partial charge in [0, 0.05) is 35.4 Å². The Hall–Kier alpha value is -3.99. The molecule has 2 fully saturated rings. The minimum atomic E-state index is -2.75. The molecule has 4 heterocycles. The van der Waals surface area contributed by atoms with E-state index in [0.29, 0.717) is 40.1 Å². The standard InChI is InChI=1S/C28H26F4N6O/c29-22-11-17(14-37-8-2-1-3-9-37)10-20(25(22)30)18-4-5-23-21(12-18)26(36-35-23)27(39)34-19-6-7-33-24(13-19)38-15-28(31,32)16-38/h4-7,10-13H,1-3,8-9,14-16H2,(H,35,36)(H,33,34,39). The predicted molar refractivity (Wildman–Crippen MR) is 140 cm³/mol. The fourth-order valence-corrected chi connectivity index (χ4v) is 5.21. The Morgan fingerprint density at radius 3 is 2.59 bits per heavy atom. The number of carbonyl (C=O) groups excluding carboxylic acids is 1. The summed E-state index contributed by atoms with van der Waals surface area (Å²) >= 11 is 0. The highest BCUT2D eigenvalue weighted by Gasteiger charge is 2.44. The average Bonchev–Trinajstić information content (AvgIpc) is 3.33. The molecule has 2 N–H and O–H groups in total. The van der Waals surface area contributed by atoms with Gasteiger partial charge in [0.15, 0.2) is 17.3 Å². The zero-order valence-corrected chi connectivity index (χ0v) is 21.0. The van der Waals surface area contributed by atoms with Crippen molar-refractivity contribution in [1.82, 2.24) is 20.1 Å². The number of nitrogens with one attached hydrogen (secondary N) is 2. The van der Waals surface area contributed by atoms with Gasteiger partial charge in [-0.3, -0.25) is 14.8 Å². The minimum absolute atomic E-state index is 0.0612. The smallest absolute Gasteiger partial charge is 0.282 e. The van der Waals surface area contributed by atoms with Gasteiger partial charge in [-0.2, -0.15) is 5.10 Å². The van der Waals surface area contributed by atoms with Crippen molar-refractivity contribution in [3.8, 4) is 11.1 Å². The van der Waals surface area contributed by atoms with Gasteiger partial charge < -0.3 is 10.2 Å². The molecule has 2 aromatic carbocycles. The van der Waals surface area contributed by atoms with Crippen molar-refractivity contribution in [2.24, 2.45) is 0 Å². The maximum absolute atomic E-state index is 15.0. The molecular weight excluding hydrogens is 512 g/mol. The van der Waals surface area contributed by atoms with Crippen molar-refractivity contribution in [1.29, 1.82) is 0 Å². The number of aromatic amines is 1. The van der Waals surface area contributed by atoms with E-state index >= 15 is 0 Å². The number of rotatable bonds is 6. The normalized spacial score (nSPS) is 17.3. The number of pyridine rings is 1. The molecule has 0 bridgehead atoms. The second-order valence-electron chi connectivity index (χ2n) is 10.2. The second kappa shape index (κ2) is 9.96. The summed E-state index contributed by atoms with van der Waals surface area (Å²) in [6.45, 7) is 1.53. The van der Waals surface area contributed by atoms with Crippen LogP contribution >= 0.6 is 0 Å². The fraction of sp³-hybridized carbons (Fsp3) is 0.321. The van der Waals surface area contributed by atoms with Crippen LogP contribution in [0.15, 0.2) is 48.7 Å². The molecule has 2 aromatic heterocycles. The van der Waals surface area contributed by atoms with Crippen LogP contribution in [0.25, 0.3) is 22.0 Å². The molecule has 0 atom stereocenters. The summed E-state index contributed by atoms with van der Waals surface area (Å²) in [4.78, 5) is 20.9. The van der Waals surface area contributed by atoms with Gasteiger partial charge in [-0.1, -0.05) is 12.5 Å². The van der Waals surface area contributed by atoms with E-state index in [1.165, 1.54) is 29.7 Å².